The van der Waals surface area contributed by atoms with Gasteiger partial charge in [-0.15, -0.1) is 0 Å². The molecule has 0 aliphatic carbocycles. The van der Waals surface area contributed by atoms with Crippen molar-refractivity contribution < 1.29 is 4.74 Å². The summed E-state index contributed by atoms with van der Waals surface area (Å²) in [4.78, 5) is 15.6. The van der Waals surface area contributed by atoms with E-state index < -0.39 is 0 Å². The summed E-state index contributed by atoms with van der Waals surface area (Å²) in [6.07, 6.45) is 3.55. The lowest BCUT2D eigenvalue weighted by atomic mass is 10.2. The van der Waals surface area contributed by atoms with Gasteiger partial charge in [0.1, 0.15) is 12.4 Å². The van der Waals surface area contributed by atoms with Crippen molar-refractivity contribution in [1.82, 2.24) is 15.0 Å². The van der Waals surface area contributed by atoms with Crippen LogP contribution in [0.5, 0.6) is 5.75 Å². The van der Waals surface area contributed by atoms with Crippen molar-refractivity contribution in [3.05, 3.63) is 60.9 Å². The summed E-state index contributed by atoms with van der Waals surface area (Å²) >= 11 is 0. The molecule has 4 heterocycles. The van der Waals surface area contributed by atoms with Gasteiger partial charge in [0, 0.05) is 12.4 Å². The van der Waals surface area contributed by atoms with E-state index in [9.17, 15) is 0 Å². The van der Waals surface area contributed by atoms with Gasteiger partial charge in [0.05, 0.1) is 17.9 Å². The molecule has 5 nitrogen and oxygen atoms in total. The second kappa shape index (κ2) is 5.44. The number of ether oxygens (including phenoxy) is 1. The van der Waals surface area contributed by atoms with E-state index in [0.29, 0.717) is 6.61 Å². The Bertz CT molecular complexity index is 777. The van der Waals surface area contributed by atoms with Crippen molar-refractivity contribution in [1.29, 1.82) is 0 Å². The maximum absolute atomic E-state index is 5.71. The summed E-state index contributed by atoms with van der Waals surface area (Å²) in [6, 6.07) is 15.5. The molecule has 0 saturated carbocycles. The van der Waals surface area contributed by atoms with Gasteiger partial charge in [-0.25, -0.2) is 9.97 Å². The predicted molar refractivity (Wildman–Crippen MR) is 84.2 cm³/mol. The summed E-state index contributed by atoms with van der Waals surface area (Å²) in [7, 11) is 0. The zero-order valence-electron chi connectivity index (χ0n) is 11.9. The standard InChI is InChI=1S/C17H14N4O/c1-3-9-18-13(5-1)14-7-8-15-17(20-14)21(11-12-22-15)16-6-2-4-10-19-16/h1-10H,11-12H2. The Balaban J connectivity index is 1.80. The third-order valence-corrected chi connectivity index (χ3v) is 3.52. The van der Waals surface area contributed by atoms with Crippen LogP contribution < -0.4 is 9.64 Å². The van der Waals surface area contributed by atoms with E-state index in [1.807, 2.05) is 48.5 Å². The molecule has 3 aromatic rings. The van der Waals surface area contributed by atoms with E-state index >= 15 is 0 Å². The molecule has 22 heavy (non-hydrogen) atoms. The van der Waals surface area contributed by atoms with Gasteiger partial charge in [0.2, 0.25) is 0 Å². The minimum atomic E-state index is 0.619. The van der Waals surface area contributed by atoms with Gasteiger partial charge in [-0.05, 0) is 36.4 Å². The largest absolute Gasteiger partial charge is 0.488 e. The summed E-state index contributed by atoms with van der Waals surface area (Å²) in [6.45, 7) is 1.34. The maximum atomic E-state index is 5.71. The molecule has 0 aromatic carbocycles. The third-order valence-electron chi connectivity index (χ3n) is 3.52. The summed E-state index contributed by atoms with van der Waals surface area (Å²) < 4.78 is 5.71. The monoisotopic (exact) mass is 290 g/mol. The lowest BCUT2D eigenvalue weighted by molar-refractivity contribution is 0.311. The van der Waals surface area contributed by atoms with Gasteiger partial charge in [-0.1, -0.05) is 12.1 Å². The number of rotatable bonds is 2. The Hall–Kier alpha value is -2.95. The summed E-state index contributed by atoms with van der Waals surface area (Å²) in [5.74, 6) is 2.43. The molecule has 3 aromatic heterocycles. The van der Waals surface area contributed by atoms with Gasteiger partial charge >= 0.3 is 0 Å². The third kappa shape index (κ3) is 2.26. The van der Waals surface area contributed by atoms with E-state index in [1.54, 1.807) is 12.4 Å². The lowest BCUT2D eigenvalue weighted by Crippen LogP contribution is -2.30. The number of anilines is 2. The molecule has 0 amide bonds. The number of pyridine rings is 3. The Kier molecular flexibility index (Phi) is 3.16. The molecule has 0 bridgehead atoms. The number of fused-ring (bicyclic) bond motifs is 1. The lowest BCUT2D eigenvalue weighted by Gasteiger charge is -2.29. The second-order valence-electron chi connectivity index (χ2n) is 4.92. The Labute approximate surface area is 128 Å². The number of nitrogens with zero attached hydrogens (tertiary/aromatic N) is 4. The summed E-state index contributed by atoms with van der Waals surface area (Å²) in [5.41, 5.74) is 1.67. The zero-order chi connectivity index (χ0) is 14.8. The van der Waals surface area contributed by atoms with E-state index in [0.717, 1.165) is 35.3 Å². The molecule has 0 fully saturated rings. The Morgan fingerprint density at radius 2 is 1.73 bits per heavy atom. The Morgan fingerprint density at radius 1 is 0.864 bits per heavy atom. The van der Waals surface area contributed by atoms with Crippen LogP contribution in [-0.4, -0.2) is 28.1 Å². The van der Waals surface area contributed by atoms with Crippen molar-refractivity contribution >= 4 is 11.6 Å². The topological polar surface area (TPSA) is 51.1 Å². The molecule has 0 spiro atoms. The van der Waals surface area contributed by atoms with Crippen LogP contribution in [0, 0.1) is 0 Å². The number of hydrogen-bond donors (Lipinski definition) is 0. The fraction of sp³-hybridized carbons (Fsp3) is 0.118. The quantitative estimate of drug-likeness (QED) is 0.726. The highest BCUT2D eigenvalue weighted by atomic mass is 16.5. The molecule has 4 rings (SSSR count). The van der Waals surface area contributed by atoms with E-state index in [2.05, 4.69) is 14.9 Å². The van der Waals surface area contributed by atoms with Gasteiger partial charge < -0.3 is 9.64 Å². The van der Waals surface area contributed by atoms with Crippen LogP contribution in [0.2, 0.25) is 0 Å². The van der Waals surface area contributed by atoms with Gasteiger partial charge in [0.25, 0.3) is 0 Å². The molecule has 0 radical (unpaired) electrons. The first kappa shape index (κ1) is 12.8. The molecular weight excluding hydrogens is 276 g/mol. The van der Waals surface area contributed by atoms with Crippen LogP contribution in [0.3, 0.4) is 0 Å². The minimum Gasteiger partial charge on any atom is -0.488 e. The van der Waals surface area contributed by atoms with Crippen LogP contribution in [0.15, 0.2) is 60.9 Å². The molecule has 108 valence electrons. The van der Waals surface area contributed by atoms with Gasteiger partial charge in [0.15, 0.2) is 11.6 Å². The van der Waals surface area contributed by atoms with Crippen molar-refractivity contribution in [3.8, 4) is 17.1 Å². The molecule has 0 atom stereocenters. The first-order valence-corrected chi connectivity index (χ1v) is 7.16. The van der Waals surface area contributed by atoms with Gasteiger partial charge in [-0.3, -0.25) is 4.98 Å². The number of hydrogen-bond acceptors (Lipinski definition) is 5. The smallest absolute Gasteiger partial charge is 0.177 e. The maximum Gasteiger partial charge on any atom is 0.177 e. The van der Waals surface area contributed by atoms with Crippen LogP contribution in [0.1, 0.15) is 0 Å². The van der Waals surface area contributed by atoms with E-state index in [1.165, 1.54) is 0 Å². The highest BCUT2D eigenvalue weighted by Crippen LogP contribution is 2.35. The average molecular weight is 290 g/mol. The molecule has 5 heteroatoms. The van der Waals surface area contributed by atoms with Crippen molar-refractivity contribution in [2.45, 2.75) is 0 Å². The molecule has 1 aliphatic rings. The molecule has 1 aliphatic heterocycles. The molecule has 0 saturated heterocycles. The number of aromatic nitrogens is 3. The second-order valence-corrected chi connectivity index (χ2v) is 4.92. The van der Waals surface area contributed by atoms with Crippen LogP contribution >= 0.6 is 0 Å². The van der Waals surface area contributed by atoms with Crippen molar-refractivity contribution in [3.63, 3.8) is 0 Å². The zero-order valence-corrected chi connectivity index (χ0v) is 11.9. The van der Waals surface area contributed by atoms with Crippen molar-refractivity contribution in [2.24, 2.45) is 0 Å². The Morgan fingerprint density at radius 3 is 2.50 bits per heavy atom. The average Bonchev–Trinajstić information content (AvgIpc) is 2.62. The fourth-order valence-electron chi connectivity index (χ4n) is 2.49. The molecule has 0 N–H and O–H groups in total. The summed E-state index contributed by atoms with van der Waals surface area (Å²) in [5, 5.41) is 0. The SMILES string of the molecule is c1ccc(-c2ccc3c(n2)N(c2ccccn2)CCO3)nc1. The van der Waals surface area contributed by atoms with Crippen molar-refractivity contribution in [2.75, 3.05) is 18.1 Å². The predicted octanol–water partition coefficient (Wildman–Crippen LogP) is 3.07. The van der Waals surface area contributed by atoms with E-state index in [-0.39, 0.29) is 0 Å². The fourth-order valence-corrected chi connectivity index (χ4v) is 2.49. The molecular formula is C17H14N4O. The normalized spacial score (nSPS) is 13.4. The first-order valence-electron chi connectivity index (χ1n) is 7.16. The molecule has 0 unspecified atom stereocenters. The van der Waals surface area contributed by atoms with E-state index in [4.69, 9.17) is 9.72 Å². The van der Waals surface area contributed by atoms with Crippen LogP contribution in [-0.2, 0) is 0 Å². The minimum absolute atomic E-state index is 0.619. The first-order chi connectivity index (χ1) is 10.9. The highest BCUT2D eigenvalue weighted by molar-refractivity contribution is 5.68. The van der Waals surface area contributed by atoms with Gasteiger partial charge in [-0.2, -0.15) is 0 Å². The highest BCUT2D eigenvalue weighted by Gasteiger charge is 2.22. The van der Waals surface area contributed by atoms with Crippen LogP contribution in [0.4, 0.5) is 11.6 Å². The van der Waals surface area contributed by atoms with Crippen LogP contribution in [0.25, 0.3) is 11.4 Å².